The molecule has 10 heavy (non-hydrogen) atoms. The molecule has 0 aliphatic heterocycles. The van der Waals surface area contributed by atoms with E-state index in [0.717, 1.165) is 11.8 Å². The van der Waals surface area contributed by atoms with Crippen LogP contribution in [-0.2, 0) is 0 Å². The van der Waals surface area contributed by atoms with Gasteiger partial charge in [-0.15, -0.1) is 6.42 Å². The van der Waals surface area contributed by atoms with Crippen molar-refractivity contribution in [2.24, 2.45) is 11.8 Å². The molecule has 1 unspecified atom stereocenters. The molecule has 1 fully saturated rings. The first kappa shape index (κ1) is 8.10. The van der Waals surface area contributed by atoms with Crippen LogP contribution in [0.5, 0.6) is 0 Å². The van der Waals surface area contributed by atoms with Gasteiger partial charge in [0.2, 0.25) is 0 Å². The number of hydrogen-bond acceptors (Lipinski definition) is 0. The standard InChI is InChI=1S/C10H19/c1-8(2)4-6-10-7-5-9(10)3/h8,10H,4-7H2,1-3H3/q-1. The van der Waals surface area contributed by atoms with Gasteiger partial charge in [0.1, 0.15) is 0 Å². The van der Waals surface area contributed by atoms with Gasteiger partial charge in [0, 0.05) is 0 Å². The third-order valence-electron chi connectivity index (χ3n) is 2.68. The maximum Gasteiger partial charge on any atom is -0.0472 e. The molecule has 1 saturated carbocycles. The average Bonchev–Trinajstić information content (AvgIpc) is 1.84. The molecule has 0 heterocycles. The molecule has 0 radical (unpaired) electrons. The van der Waals surface area contributed by atoms with Gasteiger partial charge in [-0.05, 0) is 5.92 Å². The predicted octanol–water partition coefficient (Wildman–Crippen LogP) is 3.43. The summed E-state index contributed by atoms with van der Waals surface area (Å²) in [7, 11) is 0. The molecule has 0 bridgehead atoms. The highest BCUT2D eigenvalue weighted by atomic mass is 14.3. The fourth-order valence-electron chi connectivity index (χ4n) is 1.56. The van der Waals surface area contributed by atoms with Gasteiger partial charge < -0.3 is 5.92 Å². The van der Waals surface area contributed by atoms with Crippen LogP contribution in [0.15, 0.2) is 0 Å². The van der Waals surface area contributed by atoms with Gasteiger partial charge in [0.15, 0.2) is 0 Å². The second-order valence-electron chi connectivity index (χ2n) is 4.05. The Labute approximate surface area is 65.0 Å². The molecule has 0 nitrogen and oxygen atoms in total. The number of hydrogen-bond donors (Lipinski definition) is 0. The van der Waals surface area contributed by atoms with E-state index in [1.54, 1.807) is 5.92 Å². The molecule has 0 aromatic rings. The zero-order valence-electron chi connectivity index (χ0n) is 7.48. The van der Waals surface area contributed by atoms with Crippen molar-refractivity contribution in [3.05, 3.63) is 5.92 Å². The lowest BCUT2D eigenvalue weighted by Crippen LogP contribution is -2.21. The summed E-state index contributed by atoms with van der Waals surface area (Å²) in [6, 6.07) is 0. The molecule has 0 heteroatoms. The molecule has 0 N–H and O–H groups in total. The largest absolute Gasteiger partial charge is 0.314 e. The van der Waals surface area contributed by atoms with Crippen molar-refractivity contribution in [2.45, 2.75) is 46.5 Å². The molecule has 60 valence electrons. The highest BCUT2D eigenvalue weighted by Crippen LogP contribution is 2.39. The van der Waals surface area contributed by atoms with Crippen molar-refractivity contribution in [1.29, 1.82) is 0 Å². The van der Waals surface area contributed by atoms with Gasteiger partial charge in [0.25, 0.3) is 0 Å². The molecule has 0 saturated heterocycles. The summed E-state index contributed by atoms with van der Waals surface area (Å²) in [6.07, 6.45) is 5.74. The summed E-state index contributed by atoms with van der Waals surface area (Å²) in [4.78, 5) is 0. The van der Waals surface area contributed by atoms with Crippen LogP contribution in [0.3, 0.4) is 0 Å². The summed E-state index contributed by atoms with van der Waals surface area (Å²) in [5, 5.41) is 0. The van der Waals surface area contributed by atoms with E-state index in [2.05, 4.69) is 20.8 Å². The SMILES string of the molecule is C[C-]1CCC1CCC(C)C. The fourth-order valence-corrected chi connectivity index (χ4v) is 1.56. The van der Waals surface area contributed by atoms with Crippen LogP contribution in [0.4, 0.5) is 0 Å². The number of rotatable bonds is 3. The predicted molar refractivity (Wildman–Crippen MR) is 45.7 cm³/mol. The lowest BCUT2D eigenvalue weighted by molar-refractivity contribution is 0.318. The summed E-state index contributed by atoms with van der Waals surface area (Å²) < 4.78 is 0. The molecule has 1 atom stereocenters. The van der Waals surface area contributed by atoms with Crippen molar-refractivity contribution < 1.29 is 0 Å². The van der Waals surface area contributed by atoms with Crippen LogP contribution in [0.25, 0.3) is 0 Å². The average molecular weight is 139 g/mol. The molecule has 0 aromatic heterocycles. The molecule has 0 aromatic carbocycles. The quantitative estimate of drug-likeness (QED) is 0.525. The van der Waals surface area contributed by atoms with E-state index in [1.807, 2.05) is 0 Å². The van der Waals surface area contributed by atoms with Crippen LogP contribution >= 0.6 is 0 Å². The van der Waals surface area contributed by atoms with Gasteiger partial charge in [-0.3, -0.25) is 0 Å². The second kappa shape index (κ2) is 3.41. The lowest BCUT2D eigenvalue weighted by Gasteiger charge is -2.48. The van der Waals surface area contributed by atoms with Gasteiger partial charge in [-0.25, -0.2) is 0 Å². The van der Waals surface area contributed by atoms with Crippen molar-refractivity contribution in [3.8, 4) is 0 Å². The highest BCUT2D eigenvalue weighted by molar-refractivity contribution is 5.01. The Bertz CT molecular complexity index is 94.2. The van der Waals surface area contributed by atoms with E-state index in [4.69, 9.17) is 0 Å². The minimum absolute atomic E-state index is 0.897. The Kier molecular flexibility index (Phi) is 2.76. The van der Waals surface area contributed by atoms with Gasteiger partial charge in [-0.1, -0.05) is 26.7 Å². The molecule has 1 rings (SSSR count). The molecular formula is C10H19-. The zero-order chi connectivity index (χ0) is 7.56. The van der Waals surface area contributed by atoms with Crippen molar-refractivity contribution in [2.75, 3.05) is 0 Å². The van der Waals surface area contributed by atoms with Crippen LogP contribution in [0.2, 0.25) is 0 Å². The Morgan fingerprint density at radius 1 is 1.50 bits per heavy atom. The monoisotopic (exact) mass is 139 g/mol. The van der Waals surface area contributed by atoms with Crippen molar-refractivity contribution in [1.82, 2.24) is 0 Å². The third-order valence-corrected chi connectivity index (χ3v) is 2.68. The summed E-state index contributed by atoms with van der Waals surface area (Å²) >= 11 is 0. The lowest BCUT2D eigenvalue weighted by atomic mass is 9.72. The van der Waals surface area contributed by atoms with E-state index >= 15 is 0 Å². The zero-order valence-corrected chi connectivity index (χ0v) is 7.48. The molecule has 1 aliphatic rings. The fraction of sp³-hybridized carbons (Fsp3) is 0.900. The van der Waals surface area contributed by atoms with Gasteiger partial charge in [-0.2, -0.15) is 19.3 Å². The minimum atomic E-state index is 0.897. The van der Waals surface area contributed by atoms with Crippen LogP contribution in [-0.4, -0.2) is 0 Å². The molecule has 0 spiro atoms. The van der Waals surface area contributed by atoms with E-state index in [1.165, 1.54) is 25.7 Å². The maximum absolute atomic E-state index is 2.31. The van der Waals surface area contributed by atoms with E-state index in [9.17, 15) is 0 Å². The molecular weight excluding hydrogens is 120 g/mol. The third kappa shape index (κ3) is 2.00. The minimum Gasteiger partial charge on any atom is -0.314 e. The first-order chi connectivity index (χ1) is 4.70. The van der Waals surface area contributed by atoms with E-state index < -0.39 is 0 Å². The molecule has 0 amide bonds. The first-order valence-electron chi connectivity index (χ1n) is 4.52. The normalized spacial score (nSPS) is 27.0. The van der Waals surface area contributed by atoms with Crippen LogP contribution in [0, 0.1) is 17.8 Å². The van der Waals surface area contributed by atoms with Gasteiger partial charge >= 0.3 is 0 Å². The topological polar surface area (TPSA) is 0 Å². The smallest absolute Gasteiger partial charge is 0.0472 e. The maximum atomic E-state index is 2.31. The highest BCUT2D eigenvalue weighted by Gasteiger charge is 2.13. The van der Waals surface area contributed by atoms with Crippen LogP contribution in [0.1, 0.15) is 46.5 Å². The van der Waals surface area contributed by atoms with Crippen LogP contribution < -0.4 is 0 Å². The van der Waals surface area contributed by atoms with E-state index in [0.29, 0.717) is 0 Å². The Hall–Kier alpha value is 0. The Morgan fingerprint density at radius 3 is 2.50 bits per heavy atom. The van der Waals surface area contributed by atoms with Gasteiger partial charge in [0.05, 0.1) is 0 Å². The summed E-state index contributed by atoms with van der Waals surface area (Å²) in [6.45, 7) is 6.94. The van der Waals surface area contributed by atoms with Crippen molar-refractivity contribution in [3.63, 3.8) is 0 Å². The Morgan fingerprint density at radius 2 is 2.20 bits per heavy atom. The summed E-state index contributed by atoms with van der Waals surface area (Å²) in [5.41, 5.74) is 0. The summed E-state index contributed by atoms with van der Waals surface area (Å²) in [5.74, 6) is 3.65. The Balaban J connectivity index is 2.03. The second-order valence-corrected chi connectivity index (χ2v) is 4.05. The molecule has 1 aliphatic carbocycles. The van der Waals surface area contributed by atoms with Crippen molar-refractivity contribution >= 4 is 0 Å². The van der Waals surface area contributed by atoms with E-state index in [-0.39, 0.29) is 0 Å². The first-order valence-corrected chi connectivity index (χ1v) is 4.52.